The van der Waals surface area contributed by atoms with Gasteiger partial charge in [0.25, 0.3) is 0 Å². The van der Waals surface area contributed by atoms with Gasteiger partial charge in [-0.25, -0.2) is 4.79 Å². The van der Waals surface area contributed by atoms with Crippen LogP contribution in [-0.4, -0.2) is 12.6 Å². The number of carbonyl (C=O) groups excluding carboxylic acids is 1. The second-order valence-electron chi connectivity index (χ2n) is 5.48. The maximum absolute atomic E-state index is 11.1. The lowest BCUT2D eigenvalue weighted by Crippen LogP contribution is -1.98. The van der Waals surface area contributed by atoms with Crippen molar-refractivity contribution in [1.82, 2.24) is 0 Å². The molecule has 2 nitrogen and oxygen atoms in total. The van der Waals surface area contributed by atoms with Crippen LogP contribution in [0.15, 0.2) is 85.1 Å². The van der Waals surface area contributed by atoms with Gasteiger partial charge in [0, 0.05) is 6.08 Å². The highest BCUT2D eigenvalue weighted by molar-refractivity contribution is 5.82. The zero-order valence-electron chi connectivity index (χ0n) is 16.3. The van der Waals surface area contributed by atoms with Crippen molar-refractivity contribution in [2.45, 2.75) is 52.4 Å². The first-order valence-corrected chi connectivity index (χ1v) is 9.56. The average molecular weight is 355 g/mol. The molecule has 0 aromatic heterocycles. The van der Waals surface area contributed by atoms with E-state index in [4.69, 9.17) is 4.74 Å². The number of esters is 1. The Morgan fingerprint density at radius 1 is 0.615 bits per heavy atom. The molecule has 0 saturated carbocycles. The van der Waals surface area contributed by atoms with Gasteiger partial charge < -0.3 is 4.74 Å². The quantitative estimate of drug-likeness (QED) is 0.148. The molecule has 0 aromatic carbocycles. The average Bonchev–Trinajstić information content (AvgIpc) is 2.64. The molecule has 142 valence electrons. The number of ether oxygens (including phenoxy) is 1. The molecule has 0 atom stereocenters. The van der Waals surface area contributed by atoms with Crippen LogP contribution in [0.1, 0.15) is 52.4 Å². The van der Waals surface area contributed by atoms with E-state index in [-0.39, 0.29) is 5.97 Å². The summed E-state index contributed by atoms with van der Waals surface area (Å²) < 4.78 is 4.79. The molecule has 0 radical (unpaired) electrons. The largest absolute Gasteiger partial charge is 0.463 e. The van der Waals surface area contributed by atoms with Gasteiger partial charge in [0.2, 0.25) is 0 Å². The molecule has 0 aliphatic carbocycles. The zero-order valence-corrected chi connectivity index (χ0v) is 16.3. The van der Waals surface area contributed by atoms with E-state index in [1.165, 1.54) is 6.08 Å². The third kappa shape index (κ3) is 19.7. The van der Waals surface area contributed by atoms with Crippen molar-refractivity contribution in [1.29, 1.82) is 0 Å². The second kappa shape index (κ2) is 20.7. The van der Waals surface area contributed by atoms with E-state index in [1.54, 1.807) is 13.0 Å². The summed E-state index contributed by atoms with van der Waals surface area (Å²) in [6, 6.07) is 0. The van der Waals surface area contributed by atoms with Crippen LogP contribution in [0.5, 0.6) is 0 Å². The lowest BCUT2D eigenvalue weighted by Gasteiger charge is -1.92. The summed E-state index contributed by atoms with van der Waals surface area (Å²) in [6.45, 7) is 4.35. The molecule has 26 heavy (non-hydrogen) atoms. The van der Waals surface area contributed by atoms with Gasteiger partial charge in [-0.2, -0.15) is 0 Å². The minimum atomic E-state index is -0.299. The van der Waals surface area contributed by atoms with E-state index in [0.717, 1.165) is 38.5 Å². The molecule has 0 aromatic rings. The van der Waals surface area contributed by atoms with E-state index in [0.29, 0.717) is 6.61 Å². The first-order chi connectivity index (χ1) is 12.8. The molecule has 0 heterocycles. The van der Waals surface area contributed by atoms with Crippen LogP contribution >= 0.6 is 0 Å². The summed E-state index contributed by atoms with van der Waals surface area (Å²) in [4.78, 5) is 11.1. The first-order valence-electron chi connectivity index (χ1n) is 9.56. The Morgan fingerprint density at radius 2 is 1.04 bits per heavy atom. The summed E-state index contributed by atoms with van der Waals surface area (Å²) >= 11 is 0. The summed E-state index contributed by atoms with van der Waals surface area (Å²) in [6.07, 6.45) is 34.8. The van der Waals surface area contributed by atoms with Gasteiger partial charge in [-0.3, -0.25) is 0 Å². The van der Waals surface area contributed by atoms with Crippen LogP contribution in [0, 0.1) is 0 Å². The van der Waals surface area contributed by atoms with Crippen LogP contribution in [-0.2, 0) is 9.53 Å². The number of carbonyl (C=O) groups is 1. The Balaban J connectivity index is 3.62. The highest BCUT2D eigenvalue weighted by atomic mass is 16.5. The van der Waals surface area contributed by atoms with E-state index >= 15 is 0 Å². The fraction of sp³-hybridized carbons (Fsp3) is 0.375. The highest BCUT2D eigenvalue weighted by Gasteiger charge is 1.89. The molecule has 0 rings (SSSR count). The molecular formula is C24H34O2. The zero-order chi connectivity index (χ0) is 19.1. The predicted molar refractivity (Wildman–Crippen MR) is 114 cm³/mol. The Morgan fingerprint density at radius 3 is 1.46 bits per heavy atom. The third-order valence-electron chi connectivity index (χ3n) is 3.20. The molecule has 0 aliphatic rings. The van der Waals surface area contributed by atoms with Gasteiger partial charge in [-0.05, 0) is 45.4 Å². The number of hydrogen-bond acceptors (Lipinski definition) is 2. The summed E-state index contributed by atoms with van der Waals surface area (Å²) in [5.74, 6) is -0.299. The molecule has 0 N–H and O–H groups in total. The van der Waals surface area contributed by atoms with Gasteiger partial charge in [0.1, 0.15) is 0 Å². The molecule has 0 unspecified atom stereocenters. The first kappa shape index (κ1) is 23.6. The Hall–Kier alpha value is -2.35. The monoisotopic (exact) mass is 354 g/mol. The third-order valence-corrected chi connectivity index (χ3v) is 3.20. The van der Waals surface area contributed by atoms with Crippen molar-refractivity contribution in [2.24, 2.45) is 0 Å². The van der Waals surface area contributed by atoms with Gasteiger partial charge in [-0.15, -0.1) is 0 Å². The normalized spacial score (nSPS) is 13.2. The number of hydrogen-bond donors (Lipinski definition) is 0. The number of rotatable bonds is 14. The topological polar surface area (TPSA) is 26.3 Å². The van der Waals surface area contributed by atoms with E-state index in [1.807, 2.05) is 12.2 Å². The predicted octanol–water partition coefficient (Wildman–Crippen LogP) is 6.80. The van der Waals surface area contributed by atoms with Crippen molar-refractivity contribution in [3.05, 3.63) is 85.1 Å². The Labute approximate surface area is 160 Å². The molecule has 0 bridgehead atoms. The van der Waals surface area contributed by atoms with Crippen LogP contribution in [0.2, 0.25) is 0 Å². The lowest BCUT2D eigenvalue weighted by molar-refractivity contribution is -0.137. The summed E-state index contributed by atoms with van der Waals surface area (Å²) in [5.41, 5.74) is 0. The van der Waals surface area contributed by atoms with Crippen LogP contribution in [0.3, 0.4) is 0 Å². The molecule has 0 spiro atoms. The summed E-state index contributed by atoms with van der Waals surface area (Å²) in [5, 5.41) is 0. The van der Waals surface area contributed by atoms with Crippen molar-refractivity contribution in [2.75, 3.05) is 6.61 Å². The SMILES string of the molecule is CC/C=C\C/C=C\C/C=C\C/C=C\C/C=C\C/C=C/C=C\C(=O)OCC. The minimum absolute atomic E-state index is 0.299. The fourth-order valence-corrected chi connectivity index (χ4v) is 1.91. The van der Waals surface area contributed by atoms with Crippen LogP contribution in [0.4, 0.5) is 0 Å². The minimum Gasteiger partial charge on any atom is -0.463 e. The smallest absolute Gasteiger partial charge is 0.330 e. The van der Waals surface area contributed by atoms with Crippen molar-refractivity contribution in [3.8, 4) is 0 Å². The van der Waals surface area contributed by atoms with Gasteiger partial charge in [0.05, 0.1) is 6.61 Å². The van der Waals surface area contributed by atoms with Gasteiger partial charge >= 0.3 is 5.97 Å². The van der Waals surface area contributed by atoms with Crippen LogP contribution < -0.4 is 0 Å². The van der Waals surface area contributed by atoms with E-state index < -0.39 is 0 Å². The van der Waals surface area contributed by atoms with Crippen molar-refractivity contribution >= 4 is 5.97 Å². The lowest BCUT2D eigenvalue weighted by atomic mass is 10.2. The second-order valence-corrected chi connectivity index (χ2v) is 5.48. The maximum Gasteiger partial charge on any atom is 0.330 e. The fourth-order valence-electron chi connectivity index (χ4n) is 1.91. The maximum atomic E-state index is 11.1. The van der Waals surface area contributed by atoms with Crippen molar-refractivity contribution in [3.63, 3.8) is 0 Å². The Bertz CT molecular complexity index is 528. The standard InChI is InChI=1S/C24H34O2/c1-3-5-6-7-8-9-10-11-12-13-14-15-16-17-18-19-20-21-22-23-24(25)26-4-2/h5-6,8-9,11-12,14-15,17-18,20-23H,3-4,7,10,13,16,19H2,1-2H3/b6-5-,9-8-,12-11-,15-14-,18-17-,21-20+,23-22-. The molecular weight excluding hydrogens is 320 g/mol. The van der Waals surface area contributed by atoms with Crippen molar-refractivity contribution < 1.29 is 9.53 Å². The van der Waals surface area contributed by atoms with Gasteiger partial charge in [0.15, 0.2) is 0 Å². The van der Waals surface area contributed by atoms with Crippen LogP contribution in [0.25, 0.3) is 0 Å². The van der Waals surface area contributed by atoms with Gasteiger partial charge in [-0.1, -0.05) is 85.9 Å². The number of allylic oxidation sites excluding steroid dienone is 13. The molecule has 0 amide bonds. The molecule has 2 heteroatoms. The van der Waals surface area contributed by atoms with E-state index in [2.05, 4.69) is 67.7 Å². The molecule has 0 fully saturated rings. The summed E-state index contributed by atoms with van der Waals surface area (Å²) in [7, 11) is 0. The Kier molecular flexibility index (Phi) is 18.8. The van der Waals surface area contributed by atoms with E-state index in [9.17, 15) is 4.79 Å². The molecule has 0 aliphatic heterocycles. The highest BCUT2D eigenvalue weighted by Crippen LogP contribution is 1.96. The molecule has 0 saturated heterocycles.